The third-order valence-electron chi connectivity index (χ3n) is 3.34. The van der Waals surface area contributed by atoms with E-state index in [2.05, 4.69) is 46.7 Å². The molecule has 4 N–H and O–H groups in total. The molecular formula is C13H19BrClN3. The van der Waals surface area contributed by atoms with Gasteiger partial charge in [-0.05, 0) is 30.0 Å². The Kier molecular flexibility index (Phi) is 4.67. The second-order valence-corrected chi connectivity index (χ2v) is 6.57. The van der Waals surface area contributed by atoms with Crippen LogP contribution in [-0.2, 0) is 0 Å². The van der Waals surface area contributed by atoms with Crippen LogP contribution in [0.5, 0.6) is 0 Å². The van der Waals surface area contributed by atoms with Gasteiger partial charge in [-0.25, -0.2) is 10.9 Å². The van der Waals surface area contributed by atoms with Crippen LogP contribution < -0.4 is 16.6 Å². The Bertz CT molecular complexity index is 425. The van der Waals surface area contributed by atoms with E-state index >= 15 is 0 Å². The average Bonchev–Trinajstić information content (AvgIpc) is 2.60. The minimum atomic E-state index is -0.0305. The lowest BCUT2D eigenvalue weighted by Crippen LogP contribution is -2.39. The van der Waals surface area contributed by atoms with Crippen molar-refractivity contribution >= 4 is 27.5 Å². The topological polar surface area (TPSA) is 50.1 Å². The predicted octanol–water partition coefficient (Wildman–Crippen LogP) is 3.20. The SMILES string of the molecule is CC(C)CC1C(N)NNC1c1ccc(Br)cc1Cl. The van der Waals surface area contributed by atoms with Crippen LogP contribution in [0.2, 0.25) is 5.02 Å². The second kappa shape index (κ2) is 5.88. The number of hydrazine groups is 1. The van der Waals surface area contributed by atoms with Crippen molar-refractivity contribution in [1.82, 2.24) is 10.9 Å². The van der Waals surface area contributed by atoms with E-state index in [4.69, 9.17) is 17.3 Å². The van der Waals surface area contributed by atoms with E-state index < -0.39 is 0 Å². The summed E-state index contributed by atoms with van der Waals surface area (Å²) in [5, 5.41) is 0.770. The van der Waals surface area contributed by atoms with Crippen LogP contribution in [0.4, 0.5) is 0 Å². The van der Waals surface area contributed by atoms with E-state index in [1.165, 1.54) is 0 Å². The Hall–Kier alpha value is -0.130. The maximum atomic E-state index is 6.32. The van der Waals surface area contributed by atoms with Gasteiger partial charge in [-0.1, -0.05) is 47.4 Å². The van der Waals surface area contributed by atoms with Crippen molar-refractivity contribution in [3.05, 3.63) is 33.3 Å². The normalized spacial score (nSPS) is 28.0. The molecule has 1 saturated heterocycles. The van der Waals surface area contributed by atoms with Gasteiger partial charge in [0.1, 0.15) is 0 Å². The quantitative estimate of drug-likeness (QED) is 0.796. The molecule has 1 fully saturated rings. The van der Waals surface area contributed by atoms with Gasteiger partial charge < -0.3 is 5.73 Å². The molecule has 5 heteroatoms. The van der Waals surface area contributed by atoms with Crippen LogP contribution in [0.25, 0.3) is 0 Å². The first-order chi connectivity index (χ1) is 8.49. The molecule has 3 atom stereocenters. The number of benzene rings is 1. The summed E-state index contributed by atoms with van der Waals surface area (Å²) < 4.78 is 0.993. The van der Waals surface area contributed by atoms with Gasteiger partial charge in [-0.15, -0.1) is 0 Å². The molecule has 0 amide bonds. The van der Waals surface area contributed by atoms with Gasteiger partial charge in [0.25, 0.3) is 0 Å². The standard InChI is InChI=1S/C13H19BrClN3/c1-7(2)5-10-12(17-18-13(10)16)9-4-3-8(14)6-11(9)15/h3-4,6-7,10,12-13,17-18H,5,16H2,1-2H3. The lowest BCUT2D eigenvalue weighted by molar-refractivity contribution is 0.344. The summed E-state index contributed by atoms with van der Waals surface area (Å²) in [6.45, 7) is 4.43. The first-order valence-corrected chi connectivity index (χ1v) is 7.37. The Labute approximate surface area is 122 Å². The minimum absolute atomic E-state index is 0.0305. The fraction of sp³-hybridized carbons (Fsp3) is 0.538. The predicted molar refractivity (Wildman–Crippen MR) is 79.1 cm³/mol. The van der Waals surface area contributed by atoms with Gasteiger partial charge in [0.15, 0.2) is 0 Å². The summed E-state index contributed by atoms with van der Waals surface area (Å²) in [4.78, 5) is 0. The van der Waals surface area contributed by atoms with Gasteiger partial charge in [0, 0.05) is 15.4 Å². The monoisotopic (exact) mass is 331 g/mol. The Morgan fingerprint density at radius 3 is 2.72 bits per heavy atom. The van der Waals surface area contributed by atoms with E-state index in [0.29, 0.717) is 11.8 Å². The smallest absolute Gasteiger partial charge is 0.0726 e. The number of hydrogen-bond donors (Lipinski definition) is 3. The number of hydrogen-bond acceptors (Lipinski definition) is 3. The van der Waals surface area contributed by atoms with Gasteiger partial charge in [-0.2, -0.15) is 0 Å². The fourth-order valence-electron chi connectivity index (χ4n) is 2.50. The summed E-state index contributed by atoms with van der Waals surface area (Å²) in [6.07, 6.45) is 1.04. The van der Waals surface area contributed by atoms with Crippen LogP contribution in [0, 0.1) is 11.8 Å². The lowest BCUT2D eigenvalue weighted by Gasteiger charge is -2.23. The Morgan fingerprint density at radius 1 is 1.39 bits per heavy atom. The van der Waals surface area contributed by atoms with Crippen LogP contribution in [0.3, 0.4) is 0 Å². The summed E-state index contributed by atoms with van der Waals surface area (Å²) in [5.74, 6) is 0.961. The van der Waals surface area contributed by atoms with Crippen LogP contribution >= 0.6 is 27.5 Å². The largest absolute Gasteiger partial charge is 0.315 e. The number of nitrogens with two attached hydrogens (primary N) is 1. The second-order valence-electron chi connectivity index (χ2n) is 5.25. The van der Waals surface area contributed by atoms with Gasteiger partial charge in [0.2, 0.25) is 0 Å². The third kappa shape index (κ3) is 3.06. The first kappa shape index (κ1) is 14.3. The number of halogens is 2. The molecule has 1 aliphatic rings. The molecule has 1 aromatic rings. The zero-order valence-electron chi connectivity index (χ0n) is 10.6. The van der Waals surface area contributed by atoms with E-state index in [0.717, 1.165) is 21.5 Å². The van der Waals surface area contributed by atoms with Crippen molar-refractivity contribution in [1.29, 1.82) is 0 Å². The van der Waals surface area contributed by atoms with Crippen LogP contribution in [0.1, 0.15) is 31.9 Å². The fourth-order valence-corrected chi connectivity index (χ4v) is 3.29. The maximum Gasteiger partial charge on any atom is 0.0726 e. The Morgan fingerprint density at radius 2 is 2.11 bits per heavy atom. The molecule has 0 aromatic heterocycles. The van der Waals surface area contributed by atoms with E-state index in [1.807, 2.05) is 12.1 Å². The van der Waals surface area contributed by atoms with Gasteiger partial charge >= 0.3 is 0 Å². The highest BCUT2D eigenvalue weighted by Crippen LogP contribution is 2.36. The first-order valence-electron chi connectivity index (χ1n) is 6.20. The highest BCUT2D eigenvalue weighted by Gasteiger charge is 2.35. The van der Waals surface area contributed by atoms with Crippen molar-refractivity contribution in [2.24, 2.45) is 17.6 Å². The van der Waals surface area contributed by atoms with Crippen molar-refractivity contribution in [3.8, 4) is 0 Å². The van der Waals surface area contributed by atoms with E-state index in [1.54, 1.807) is 0 Å². The van der Waals surface area contributed by atoms with Crippen molar-refractivity contribution in [2.45, 2.75) is 32.5 Å². The molecule has 100 valence electrons. The van der Waals surface area contributed by atoms with Crippen LogP contribution in [-0.4, -0.2) is 6.17 Å². The molecule has 2 rings (SSSR count). The molecule has 3 unspecified atom stereocenters. The summed E-state index contributed by atoms with van der Waals surface area (Å²) >= 11 is 9.75. The molecule has 3 nitrogen and oxygen atoms in total. The number of nitrogens with one attached hydrogen (secondary N) is 2. The highest BCUT2D eigenvalue weighted by atomic mass is 79.9. The van der Waals surface area contributed by atoms with Crippen molar-refractivity contribution in [3.63, 3.8) is 0 Å². The molecule has 0 aliphatic carbocycles. The number of rotatable bonds is 3. The molecule has 0 bridgehead atoms. The average molecular weight is 333 g/mol. The molecule has 1 heterocycles. The Balaban J connectivity index is 2.25. The molecule has 0 saturated carbocycles. The maximum absolute atomic E-state index is 6.32. The molecule has 18 heavy (non-hydrogen) atoms. The molecule has 0 radical (unpaired) electrons. The zero-order valence-corrected chi connectivity index (χ0v) is 12.9. The van der Waals surface area contributed by atoms with Crippen LogP contribution in [0.15, 0.2) is 22.7 Å². The summed E-state index contributed by atoms with van der Waals surface area (Å²) in [6, 6.07) is 6.16. The molecule has 1 aliphatic heterocycles. The summed E-state index contributed by atoms with van der Waals surface area (Å²) in [7, 11) is 0. The summed E-state index contributed by atoms with van der Waals surface area (Å²) in [5.41, 5.74) is 13.6. The van der Waals surface area contributed by atoms with Crippen molar-refractivity contribution in [2.75, 3.05) is 0 Å². The molecule has 0 spiro atoms. The molecular weight excluding hydrogens is 314 g/mol. The van der Waals surface area contributed by atoms with Gasteiger partial charge in [-0.3, -0.25) is 0 Å². The minimum Gasteiger partial charge on any atom is -0.315 e. The van der Waals surface area contributed by atoms with Gasteiger partial charge in [0.05, 0.1) is 12.2 Å². The third-order valence-corrected chi connectivity index (χ3v) is 4.16. The van der Waals surface area contributed by atoms with E-state index in [-0.39, 0.29) is 12.2 Å². The zero-order chi connectivity index (χ0) is 13.3. The molecule has 1 aromatic carbocycles. The van der Waals surface area contributed by atoms with Crippen molar-refractivity contribution < 1.29 is 0 Å². The lowest BCUT2D eigenvalue weighted by atomic mass is 9.86. The van der Waals surface area contributed by atoms with E-state index in [9.17, 15) is 0 Å². The highest BCUT2D eigenvalue weighted by molar-refractivity contribution is 9.10.